The molecule has 1 heterocycles. The number of carbonyl (C=O) groups excluding carboxylic acids is 1. The van der Waals surface area contributed by atoms with E-state index in [-0.39, 0.29) is 12.5 Å². The first-order valence-electron chi connectivity index (χ1n) is 7.30. The molecule has 0 saturated heterocycles. The molecule has 3 N–H and O–H groups in total. The molecule has 0 aliphatic rings. The van der Waals surface area contributed by atoms with E-state index in [1.165, 1.54) is 0 Å². The Kier molecular flexibility index (Phi) is 4.21. The highest BCUT2D eigenvalue weighted by atomic mass is 16.3. The number of amides is 1. The number of benzene rings is 2. The summed E-state index contributed by atoms with van der Waals surface area (Å²) in [6, 6.07) is 17.2. The molecule has 4 heteroatoms. The van der Waals surface area contributed by atoms with Gasteiger partial charge in [-0.1, -0.05) is 36.4 Å². The highest BCUT2D eigenvalue weighted by molar-refractivity contribution is 6.06. The molecular formula is C18H18N2O2. The van der Waals surface area contributed by atoms with Crippen LogP contribution in [0.4, 0.5) is 0 Å². The number of aromatic amines is 1. The number of hydrogen-bond donors (Lipinski definition) is 3. The number of aliphatic hydroxyl groups is 1. The second kappa shape index (κ2) is 6.45. The number of hydrogen-bond acceptors (Lipinski definition) is 2. The van der Waals surface area contributed by atoms with Crippen molar-refractivity contribution in [3.63, 3.8) is 0 Å². The van der Waals surface area contributed by atoms with Gasteiger partial charge in [-0.05, 0) is 23.8 Å². The van der Waals surface area contributed by atoms with Crippen LogP contribution >= 0.6 is 0 Å². The highest BCUT2D eigenvalue weighted by Gasteiger charge is 2.12. The molecule has 0 radical (unpaired) electrons. The minimum atomic E-state index is -0.600. The first-order valence-corrected chi connectivity index (χ1v) is 7.30. The van der Waals surface area contributed by atoms with Gasteiger partial charge in [-0.15, -0.1) is 0 Å². The standard InChI is InChI=1S/C18H18N2O2/c21-14(11-13-5-2-1-3-6-13)12-20-18(22)16-7-4-8-17-15(16)9-10-19-17/h1-10,14,19,21H,11-12H2,(H,20,22). The topological polar surface area (TPSA) is 65.1 Å². The van der Waals surface area contributed by atoms with Gasteiger partial charge in [0.05, 0.1) is 6.10 Å². The predicted molar refractivity (Wildman–Crippen MR) is 86.8 cm³/mol. The normalized spacial score (nSPS) is 12.2. The monoisotopic (exact) mass is 294 g/mol. The molecule has 1 aromatic heterocycles. The Labute approximate surface area is 128 Å². The van der Waals surface area contributed by atoms with E-state index < -0.39 is 6.10 Å². The Hall–Kier alpha value is -2.59. The van der Waals surface area contributed by atoms with Gasteiger partial charge >= 0.3 is 0 Å². The molecule has 3 aromatic rings. The van der Waals surface area contributed by atoms with Crippen LogP contribution < -0.4 is 5.32 Å². The Morgan fingerprint density at radius 1 is 1.09 bits per heavy atom. The van der Waals surface area contributed by atoms with E-state index in [0.717, 1.165) is 16.5 Å². The summed E-state index contributed by atoms with van der Waals surface area (Å²) in [4.78, 5) is 15.4. The lowest BCUT2D eigenvalue weighted by atomic mass is 10.1. The van der Waals surface area contributed by atoms with E-state index >= 15 is 0 Å². The van der Waals surface area contributed by atoms with Gasteiger partial charge in [0.2, 0.25) is 0 Å². The quantitative estimate of drug-likeness (QED) is 0.677. The van der Waals surface area contributed by atoms with Gasteiger partial charge < -0.3 is 15.4 Å². The molecule has 2 aromatic carbocycles. The molecule has 112 valence electrons. The van der Waals surface area contributed by atoms with Crippen molar-refractivity contribution in [2.75, 3.05) is 6.54 Å². The maximum atomic E-state index is 12.3. The second-order valence-corrected chi connectivity index (χ2v) is 5.30. The molecular weight excluding hydrogens is 276 g/mol. The Balaban J connectivity index is 1.61. The zero-order valence-corrected chi connectivity index (χ0v) is 12.1. The van der Waals surface area contributed by atoms with E-state index in [2.05, 4.69) is 10.3 Å². The average molecular weight is 294 g/mol. The third-order valence-corrected chi connectivity index (χ3v) is 3.65. The van der Waals surface area contributed by atoms with Crippen molar-refractivity contribution in [2.45, 2.75) is 12.5 Å². The van der Waals surface area contributed by atoms with Crippen LogP contribution in [0.15, 0.2) is 60.8 Å². The molecule has 4 nitrogen and oxygen atoms in total. The molecule has 3 rings (SSSR count). The first kappa shape index (κ1) is 14.4. The molecule has 0 saturated carbocycles. The minimum absolute atomic E-state index is 0.169. The maximum absolute atomic E-state index is 12.3. The molecule has 1 unspecified atom stereocenters. The van der Waals surface area contributed by atoms with Crippen LogP contribution in [-0.4, -0.2) is 28.6 Å². The van der Waals surface area contributed by atoms with Gasteiger partial charge in [0, 0.05) is 35.6 Å². The molecule has 0 spiro atoms. The maximum Gasteiger partial charge on any atom is 0.252 e. The third kappa shape index (κ3) is 3.18. The zero-order valence-electron chi connectivity index (χ0n) is 12.1. The molecule has 0 aliphatic heterocycles. The lowest BCUT2D eigenvalue weighted by Gasteiger charge is -2.12. The van der Waals surface area contributed by atoms with Crippen molar-refractivity contribution < 1.29 is 9.90 Å². The van der Waals surface area contributed by atoms with E-state index in [1.807, 2.05) is 54.7 Å². The number of carbonyl (C=O) groups is 1. The number of fused-ring (bicyclic) bond motifs is 1. The van der Waals surface area contributed by atoms with E-state index in [9.17, 15) is 9.90 Å². The number of nitrogens with one attached hydrogen (secondary N) is 2. The fourth-order valence-corrected chi connectivity index (χ4v) is 2.55. The van der Waals surface area contributed by atoms with E-state index in [0.29, 0.717) is 12.0 Å². The van der Waals surface area contributed by atoms with E-state index in [1.54, 1.807) is 6.07 Å². The SMILES string of the molecule is O=C(NCC(O)Cc1ccccc1)c1cccc2[nH]ccc12. The smallest absolute Gasteiger partial charge is 0.252 e. The van der Waals surface area contributed by atoms with Crippen molar-refractivity contribution in [1.29, 1.82) is 0 Å². The van der Waals surface area contributed by atoms with Gasteiger partial charge in [-0.3, -0.25) is 4.79 Å². The summed E-state index contributed by atoms with van der Waals surface area (Å²) in [7, 11) is 0. The van der Waals surface area contributed by atoms with Crippen molar-refractivity contribution in [3.05, 3.63) is 71.9 Å². The Bertz CT molecular complexity index is 765. The summed E-state index contributed by atoms with van der Waals surface area (Å²) in [6.45, 7) is 0.231. The summed E-state index contributed by atoms with van der Waals surface area (Å²) in [5.74, 6) is -0.169. The fraction of sp³-hybridized carbons (Fsp3) is 0.167. The molecule has 0 aliphatic carbocycles. The number of rotatable bonds is 5. The lowest BCUT2D eigenvalue weighted by Crippen LogP contribution is -2.33. The van der Waals surface area contributed by atoms with Gasteiger partial charge in [0.1, 0.15) is 0 Å². The number of aromatic nitrogens is 1. The van der Waals surface area contributed by atoms with Crippen LogP contribution in [0.3, 0.4) is 0 Å². The molecule has 1 atom stereocenters. The average Bonchev–Trinajstić information content (AvgIpc) is 3.02. The lowest BCUT2D eigenvalue weighted by molar-refractivity contribution is 0.0917. The summed E-state index contributed by atoms with van der Waals surface area (Å²) >= 11 is 0. The molecule has 0 fully saturated rings. The van der Waals surface area contributed by atoms with Crippen molar-refractivity contribution in [1.82, 2.24) is 10.3 Å². The van der Waals surface area contributed by atoms with Crippen molar-refractivity contribution >= 4 is 16.8 Å². The zero-order chi connectivity index (χ0) is 15.4. The van der Waals surface area contributed by atoms with Crippen LogP contribution in [0.5, 0.6) is 0 Å². The van der Waals surface area contributed by atoms with Gasteiger partial charge in [-0.2, -0.15) is 0 Å². The summed E-state index contributed by atoms with van der Waals surface area (Å²) in [6.07, 6.45) is 1.73. The van der Waals surface area contributed by atoms with Crippen LogP contribution in [0.2, 0.25) is 0 Å². The second-order valence-electron chi connectivity index (χ2n) is 5.30. The van der Waals surface area contributed by atoms with Crippen LogP contribution in [0.25, 0.3) is 10.9 Å². The van der Waals surface area contributed by atoms with Gasteiger partial charge in [-0.25, -0.2) is 0 Å². The molecule has 0 bridgehead atoms. The summed E-state index contributed by atoms with van der Waals surface area (Å²) < 4.78 is 0. The van der Waals surface area contributed by atoms with Crippen LogP contribution in [0.1, 0.15) is 15.9 Å². The van der Waals surface area contributed by atoms with Crippen molar-refractivity contribution in [2.24, 2.45) is 0 Å². The summed E-state index contributed by atoms with van der Waals surface area (Å²) in [5, 5.41) is 13.7. The third-order valence-electron chi connectivity index (χ3n) is 3.65. The van der Waals surface area contributed by atoms with Gasteiger partial charge in [0.15, 0.2) is 0 Å². The minimum Gasteiger partial charge on any atom is -0.391 e. The van der Waals surface area contributed by atoms with E-state index in [4.69, 9.17) is 0 Å². The van der Waals surface area contributed by atoms with Crippen LogP contribution in [-0.2, 0) is 6.42 Å². The summed E-state index contributed by atoms with van der Waals surface area (Å²) in [5.41, 5.74) is 2.60. The number of H-pyrrole nitrogens is 1. The largest absolute Gasteiger partial charge is 0.391 e. The molecule has 22 heavy (non-hydrogen) atoms. The highest BCUT2D eigenvalue weighted by Crippen LogP contribution is 2.17. The predicted octanol–water partition coefficient (Wildman–Crippen LogP) is 2.50. The molecule has 1 amide bonds. The van der Waals surface area contributed by atoms with Gasteiger partial charge in [0.25, 0.3) is 5.91 Å². The fourth-order valence-electron chi connectivity index (χ4n) is 2.55. The first-order chi connectivity index (χ1) is 10.7. The number of aliphatic hydroxyl groups excluding tert-OH is 1. The van der Waals surface area contributed by atoms with Crippen molar-refractivity contribution in [3.8, 4) is 0 Å². The Morgan fingerprint density at radius 2 is 1.91 bits per heavy atom. The van der Waals surface area contributed by atoms with Crippen LogP contribution in [0, 0.1) is 0 Å². The Morgan fingerprint density at radius 3 is 2.73 bits per heavy atom.